The summed E-state index contributed by atoms with van der Waals surface area (Å²) in [6, 6.07) is 0. The van der Waals surface area contributed by atoms with E-state index < -0.39 is 11.8 Å². The molecule has 0 bridgehead atoms. The van der Waals surface area contributed by atoms with Gasteiger partial charge < -0.3 is 9.64 Å². The van der Waals surface area contributed by atoms with Crippen LogP contribution in [0.25, 0.3) is 0 Å². The van der Waals surface area contributed by atoms with Gasteiger partial charge in [-0.3, -0.25) is 15.0 Å². The Morgan fingerprint density at radius 3 is 2.60 bits per heavy atom. The molecule has 0 aromatic carbocycles. The minimum absolute atomic E-state index is 0.308. The summed E-state index contributed by atoms with van der Waals surface area (Å²) in [4.78, 5) is 24.9. The molecule has 0 saturated carbocycles. The van der Waals surface area contributed by atoms with E-state index >= 15 is 0 Å². The van der Waals surface area contributed by atoms with Gasteiger partial charge in [0.2, 0.25) is 5.91 Å². The molecule has 2 atom stereocenters. The van der Waals surface area contributed by atoms with Crippen LogP contribution in [0.2, 0.25) is 0 Å². The molecule has 86 valence electrons. The number of nitrogens with one attached hydrogen (secondary N) is 1. The molecule has 1 rings (SSSR count). The van der Waals surface area contributed by atoms with Gasteiger partial charge in [-0.15, -0.1) is 0 Å². The van der Waals surface area contributed by atoms with Crippen LogP contribution in [0.1, 0.15) is 6.92 Å². The Kier molecular flexibility index (Phi) is 4.05. The molecule has 0 aromatic rings. The zero-order valence-corrected chi connectivity index (χ0v) is 9.03. The average molecular weight is 215 g/mol. The molecule has 1 amide bonds. The van der Waals surface area contributed by atoms with E-state index in [0.29, 0.717) is 19.7 Å². The number of ether oxygens (including phenoxy) is 1. The highest BCUT2D eigenvalue weighted by Gasteiger charge is 2.41. The molecule has 6 heteroatoms. The summed E-state index contributed by atoms with van der Waals surface area (Å²) in [6.45, 7) is 3.15. The third-order valence-electron chi connectivity index (χ3n) is 2.57. The number of carbonyl (C=O) groups excluding carboxylic acids is 2. The minimum atomic E-state index is -0.404. The van der Waals surface area contributed by atoms with Crippen LogP contribution in [0.15, 0.2) is 0 Å². The zero-order chi connectivity index (χ0) is 11.4. The van der Waals surface area contributed by atoms with Gasteiger partial charge in [0.05, 0.1) is 18.4 Å². The normalized spacial score (nSPS) is 26.3. The highest BCUT2D eigenvalue weighted by atomic mass is 16.5. The third kappa shape index (κ3) is 2.66. The maximum Gasteiger partial charge on any atom is 0.311 e. The first kappa shape index (κ1) is 11.9. The predicted molar refractivity (Wildman–Crippen MR) is 53.4 cm³/mol. The Hall–Kier alpha value is -1.14. The van der Waals surface area contributed by atoms with Crippen LogP contribution in [-0.4, -0.2) is 43.5 Å². The molecule has 1 aliphatic heterocycles. The van der Waals surface area contributed by atoms with E-state index in [1.807, 2.05) is 11.9 Å². The number of nitrogens with zero attached hydrogens (tertiary/aromatic N) is 1. The van der Waals surface area contributed by atoms with Gasteiger partial charge in [0, 0.05) is 13.1 Å². The number of esters is 1. The maximum atomic E-state index is 11.6. The summed E-state index contributed by atoms with van der Waals surface area (Å²) in [5.41, 5.74) is 2.08. The lowest BCUT2D eigenvalue weighted by atomic mass is 9.95. The summed E-state index contributed by atoms with van der Waals surface area (Å²) in [5, 5.41) is 0. The summed E-state index contributed by atoms with van der Waals surface area (Å²) < 4.78 is 4.91. The van der Waals surface area contributed by atoms with Crippen LogP contribution in [0.4, 0.5) is 0 Å². The van der Waals surface area contributed by atoms with Gasteiger partial charge in [-0.05, 0) is 14.0 Å². The van der Waals surface area contributed by atoms with Crippen LogP contribution < -0.4 is 11.3 Å². The molecular formula is C9H17N3O3. The van der Waals surface area contributed by atoms with Gasteiger partial charge in [-0.25, -0.2) is 5.84 Å². The Morgan fingerprint density at radius 2 is 2.07 bits per heavy atom. The molecular weight excluding hydrogens is 198 g/mol. The highest BCUT2D eigenvalue weighted by molar-refractivity contribution is 5.86. The fourth-order valence-electron chi connectivity index (χ4n) is 1.86. The van der Waals surface area contributed by atoms with Crippen molar-refractivity contribution in [1.82, 2.24) is 10.3 Å². The second kappa shape index (κ2) is 5.09. The lowest BCUT2D eigenvalue weighted by Crippen LogP contribution is -2.41. The molecule has 0 aromatic heterocycles. The quantitative estimate of drug-likeness (QED) is 0.265. The first-order chi connectivity index (χ1) is 7.10. The van der Waals surface area contributed by atoms with Gasteiger partial charge >= 0.3 is 5.97 Å². The largest absolute Gasteiger partial charge is 0.466 e. The van der Waals surface area contributed by atoms with Crippen LogP contribution in [0, 0.1) is 11.8 Å². The van der Waals surface area contributed by atoms with Gasteiger partial charge in [-0.2, -0.15) is 0 Å². The molecule has 0 radical (unpaired) electrons. The first-order valence-electron chi connectivity index (χ1n) is 4.95. The Morgan fingerprint density at radius 1 is 1.47 bits per heavy atom. The van der Waals surface area contributed by atoms with Crippen LogP contribution in [0.3, 0.4) is 0 Å². The Balaban J connectivity index is 2.68. The molecule has 1 fully saturated rings. The van der Waals surface area contributed by atoms with Crippen molar-refractivity contribution in [2.24, 2.45) is 17.7 Å². The van der Waals surface area contributed by atoms with Crippen molar-refractivity contribution in [2.75, 3.05) is 26.7 Å². The Bertz CT molecular complexity index is 257. The fourth-order valence-corrected chi connectivity index (χ4v) is 1.86. The molecule has 0 aliphatic carbocycles. The van der Waals surface area contributed by atoms with E-state index in [4.69, 9.17) is 10.6 Å². The lowest BCUT2D eigenvalue weighted by Gasteiger charge is -2.14. The van der Waals surface area contributed by atoms with E-state index in [1.54, 1.807) is 6.92 Å². The van der Waals surface area contributed by atoms with Crippen LogP contribution in [0.5, 0.6) is 0 Å². The zero-order valence-electron chi connectivity index (χ0n) is 9.03. The van der Waals surface area contributed by atoms with E-state index in [-0.39, 0.29) is 11.9 Å². The highest BCUT2D eigenvalue weighted by Crippen LogP contribution is 2.23. The summed E-state index contributed by atoms with van der Waals surface area (Å²) in [5.74, 6) is 3.62. The van der Waals surface area contributed by atoms with Crippen LogP contribution >= 0.6 is 0 Å². The van der Waals surface area contributed by atoms with Crippen LogP contribution in [-0.2, 0) is 14.3 Å². The van der Waals surface area contributed by atoms with Gasteiger partial charge in [-0.1, -0.05) is 0 Å². The fraction of sp³-hybridized carbons (Fsp3) is 0.778. The number of nitrogens with two attached hydrogens (primary N) is 1. The van der Waals surface area contributed by atoms with Gasteiger partial charge in [0.25, 0.3) is 0 Å². The molecule has 1 saturated heterocycles. The molecule has 0 unspecified atom stereocenters. The number of hydrazine groups is 1. The standard InChI is InChI=1S/C9H17N3O3/c1-3-15-9(14)7-5-12(2)4-6(7)8(13)11-10/h6-7H,3-5,10H2,1-2H3,(H,11,13)/t6-,7-/m0/s1. The predicted octanol–water partition coefficient (Wildman–Crippen LogP) is -1.28. The minimum Gasteiger partial charge on any atom is -0.466 e. The number of rotatable bonds is 3. The van der Waals surface area contributed by atoms with Crippen molar-refractivity contribution in [1.29, 1.82) is 0 Å². The summed E-state index contributed by atoms with van der Waals surface area (Å²) in [6.07, 6.45) is 0. The van der Waals surface area contributed by atoms with E-state index in [0.717, 1.165) is 0 Å². The number of amides is 1. The molecule has 15 heavy (non-hydrogen) atoms. The van der Waals surface area contributed by atoms with Crippen molar-refractivity contribution in [3.8, 4) is 0 Å². The molecule has 3 N–H and O–H groups in total. The number of carbonyl (C=O) groups is 2. The van der Waals surface area contributed by atoms with Gasteiger partial charge in [0.1, 0.15) is 0 Å². The van der Waals surface area contributed by atoms with E-state index in [2.05, 4.69) is 5.43 Å². The van der Waals surface area contributed by atoms with Crippen molar-refractivity contribution >= 4 is 11.9 Å². The van der Waals surface area contributed by atoms with Crippen molar-refractivity contribution in [3.63, 3.8) is 0 Å². The second-order valence-corrected chi connectivity index (χ2v) is 3.69. The van der Waals surface area contributed by atoms with Crippen molar-refractivity contribution in [2.45, 2.75) is 6.92 Å². The average Bonchev–Trinajstić information content (AvgIpc) is 2.59. The molecule has 1 heterocycles. The lowest BCUT2D eigenvalue weighted by molar-refractivity contribution is -0.151. The monoisotopic (exact) mass is 215 g/mol. The van der Waals surface area contributed by atoms with E-state index in [1.165, 1.54) is 0 Å². The van der Waals surface area contributed by atoms with Crippen molar-refractivity contribution < 1.29 is 14.3 Å². The molecule has 6 nitrogen and oxygen atoms in total. The van der Waals surface area contributed by atoms with E-state index in [9.17, 15) is 9.59 Å². The maximum absolute atomic E-state index is 11.6. The second-order valence-electron chi connectivity index (χ2n) is 3.69. The SMILES string of the molecule is CCOC(=O)[C@H]1CN(C)C[C@@H]1C(=O)NN. The smallest absolute Gasteiger partial charge is 0.311 e. The number of hydrogen-bond donors (Lipinski definition) is 2. The summed E-state index contributed by atoms with van der Waals surface area (Å²) in [7, 11) is 1.86. The topological polar surface area (TPSA) is 84.7 Å². The Labute approximate surface area is 88.7 Å². The first-order valence-corrected chi connectivity index (χ1v) is 4.95. The molecule has 0 spiro atoms. The van der Waals surface area contributed by atoms with Gasteiger partial charge in [0.15, 0.2) is 0 Å². The summed E-state index contributed by atoms with van der Waals surface area (Å²) >= 11 is 0. The van der Waals surface area contributed by atoms with Crippen molar-refractivity contribution in [3.05, 3.63) is 0 Å². The number of likely N-dealkylation sites (tertiary alicyclic amines) is 1. The third-order valence-corrected chi connectivity index (χ3v) is 2.57. The molecule has 1 aliphatic rings. The number of hydrogen-bond acceptors (Lipinski definition) is 5.